The Labute approximate surface area is 162 Å². The molecule has 1 aliphatic heterocycles. The molecule has 2 aromatic carbocycles. The van der Waals surface area contributed by atoms with Gasteiger partial charge < -0.3 is 10.2 Å². The summed E-state index contributed by atoms with van der Waals surface area (Å²) >= 11 is 3.41. The molecule has 0 atom stereocenters. The number of carbonyl (C=O) groups excluding carboxylic acids is 2. The topological polar surface area (TPSA) is 49.4 Å². The van der Waals surface area contributed by atoms with Crippen LogP contribution < -0.4 is 5.32 Å². The monoisotopic (exact) mass is 414 g/mol. The van der Waals surface area contributed by atoms with Gasteiger partial charge in [0.15, 0.2) is 0 Å². The van der Waals surface area contributed by atoms with Crippen LogP contribution in [0.4, 0.5) is 0 Å². The number of hydrogen-bond donors (Lipinski definition) is 1. The lowest BCUT2D eigenvalue weighted by Crippen LogP contribution is -2.47. The molecule has 1 N–H and O–H groups in total. The second-order valence-corrected chi connectivity index (χ2v) is 7.66. The van der Waals surface area contributed by atoms with Crippen LogP contribution in [0.25, 0.3) is 0 Å². The summed E-state index contributed by atoms with van der Waals surface area (Å²) in [7, 11) is 0. The Hall–Kier alpha value is -2.14. The number of amides is 2. The number of nitrogens with one attached hydrogen (secondary N) is 1. The number of aryl methyl sites for hydroxylation is 1. The largest absolute Gasteiger partial charge is 0.349 e. The summed E-state index contributed by atoms with van der Waals surface area (Å²) in [5.41, 5.74) is 2.72. The van der Waals surface area contributed by atoms with Gasteiger partial charge in [-0.2, -0.15) is 0 Å². The average Bonchev–Trinajstić information content (AvgIpc) is 2.64. The van der Waals surface area contributed by atoms with Crippen molar-refractivity contribution in [2.75, 3.05) is 13.1 Å². The van der Waals surface area contributed by atoms with Gasteiger partial charge in [0.1, 0.15) is 0 Å². The third kappa shape index (κ3) is 4.73. The molecule has 1 saturated heterocycles. The van der Waals surface area contributed by atoms with Gasteiger partial charge in [-0.3, -0.25) is 9.59 Å². The Bertz CT molecular complexity index is 781. The van der Waals surface area contributed by atoms with E-state index in [0.29, 0.717) is 19.5 Å². The molecule has 0 aliphatic carbocycles. The van der Waals surface area contributed by atoms with E-state index < -0.39 is 0 Å². The Morgan fingerprint density at radius 2 is 1.73 bits per heavy atom. The van der Waals surface area contributed by atoms with E-state index in [2.05, 4.69) is 21.2 Å². The number of piperidine rings is 1. The summed E-state index contributed by atoms with van der Waals surface area (Å²) in [5.74, 6) is 0.124. The van der Waals surface area contributed by atoms with Gasteiger partial charge in [-0.1, -0.05) is 46.3 Å². The molecule has 0 bridgehead atoms. The minimum atomic E-state index is -0.0252. The zero-order chi connectivity index (χ0) is 18.5. The van der Waals surface area contributed by atoms with E-state index in [1.807, 2.05) is 60.4 Å². The van der Waals surface area contributed by atoms with Gasteiger partial charge in [-0.05, 0) is 49.1 Å². The Balaban J connectivity index is 1.49. The molecule has 0 radical (unpaired) electrons. The van der Waals surface area contributed by atoms with Gasteiger partial charge in [0.05, 0.1) is 6.42 Å². The summed E-state index contributed by atoms with van der Waals surface area (Å²) in [5, 5.41) is 3.11. The fraction of sp³-hybridized carbons (Fsp3) is 0.333. The van der Waals surface area contributed by atoms with Crippen LogP contribution in [0.1, 0.15) is 34.3 Å². The summed E-state index contributed by atoms with van der Waals surface area (Å²) in [4.78, 5) is 26.8. The van der Waals surface area contributed by atoms with Crippen LogP contribution in [0.15, 0.2) is 53.0 Å². The van der Waals surface area contributed by atoms with Crippen LogP contribution in [0.2, 0.25) is 0 Å². The molecule has 1 aliphatic rings. The molecule has 0 unspecified atom stereocenters. The van der Waals surface area contributed by atoms with Crippen molar-refractivity contribution in [3.05, 3.63) is 69.7 Å². The van der Waals surface area contributed by atoms with Gasteiger partial charge in [0.25, 0.3) is 5.91 Å². The molecule has 0 saturated carbocycles. The van der Waals surface area contributed by atoms with Crippen molar-refractivity contribution in [2.45, 2.75) is 32.2 Å². The number of rotatable bonds is 4. The smallest absolute Gasteiger partial charge is 0.251 e. The van der Waals surface area contributed by atoms with Crippen molar-refractivity contribution >= 4 is 27.7 Å². The predicted molar refractivity (Wildman–Crippen MR) is 106 cm³/mol. The molecule has 1 heterocycles. The van der Waals surface area contributed by atoms with E-state index >= 15 is 0 Å². The quantitative estimate of drug-likeness (QED) is 0.828. The first-order chi connectivity index (χ1) is 12.5. The van der Waals surface area contributed by atoms with Crippen LogP contribution >= 0.6 is 15.9 Å². The van der Waals surface area contributed by atoms with Crippen molar-refractivity contribution in [2.24, 2.45) is 0 Å². The molecule has 1 fully saturated rings. The summed E-state index contributed by atoms with van der Waals surface area (Å²) in [6.07, 6.45) is 2.01. The van der Waals surface area contributed by atoms with Crippen LogP contribution in [-0.4, -0.2) is 35.8 Å². The number of nitrogens with zero attached hydrogens (tertiary/aromatic N) is 1. The van der Waals surface area contributed by atoms with Gasteiger partial charge >= 0.3 is 0 Å². The van der Waals surface area contributed by atoms with Gasteiger partial charge in [-0.25, -0.2) is 0 Å². The molecule has 26 heavy (non-hydrogen) atoms. The number of benzene rings is 2. The van der Waals surface area contributed by atoms with Crippen molar-refractivity contribution in [3.63, 3.8) is 0 Å². The van der Waals surface area contributed by atoms with Gasteiger partial charge in [0, 0.05) is 29.2 Å². The van der Waals surface area contributed by atoms with Crippen molar-refractivity contribution in [1.29, 1.82) is 0 Å². The summed E-state index contributed by atoms with van der Waals surface area (Å²) < 4.78 is 1.01. The van der Waals surface area contributed by atoms with E-state index in [4.69, 9.17) is 0 Å². The lowest BCUT2D eigenvalue weighted by Gasteiger charge is -2.32. The number of carbonyl (C=O) groups is 2. The average molecular weight is 415 g/mol. The molecular weight excluding hydrogens is 392 g/mol. The highest BCUT2D eigenvalue weighted by atomic mass is 79.9. The predicted octanol–water partition coefficient (Wildman–Crippen LogP) is 3.72. The highest BCUT2D eigenvalue weighted by Gasteiger charge is 2.24. The normalized spacial score (nSPS) is 14.9. The second kappa shape index (κ2) is 8.49. The third-order valence-electron chi connectivity index (χ3n) is 4.84. The standard InChI is InChI=1S/C21H23BrN2O2/c1-15-4-2-3-5-19(15)21(26)23-18-10-12-24(13-11-18)20(25)14-16-6-8-17(22)9-7-16/h2-9,18H,10-14H2,1H3,(H,23,26). The van der Waals surface area contributed by atoms with Crippen LogP contribution in [0.3, 0.4) is 0 Å². The minimum absolute atomic E-state index is 0.0252. The van der Waals surface area contributed by atoms with Crippen LogP contribution in [0, 0.1) is 6.92 Å². The number of likely N-dealkylation sites (tertiary alicyclic amines) is 1. The maximum absolute atomic E-state index is 12.5. The number of hydrogen-bond acceptors (Lipinski definition) is 2. The summed E-state index contributed by atoms with van der Waals surface area (Å²) in [6, 6.07) is 15.6. The van der Waals surface area contributed by atoms with Gasteiger partial charge in [-0.15, -0.1) is 0 Å². The van der Waals surface area contributed by atoms with E-state index in [9.17, 15) is 9.59 Å². The maximum atomic E-state index is 12.5. The highest BCUT2D eigenvalue weighted by Crippen LogP contribution is 2.16. The molecule has 3 rings (SSSR count). The van der Waals surface area contributed by atoms with Crippen LogP contribution in [0.5, 0.6) is 0 Å². The van der Waals surface area contributed by atoms with Crippen LogP contribution in [-0.2, 0) is 11.2 Å². The maximum Gasteiger partial charge on any atom is 0.251 e. The molecule has 0 spiro atoms. The van der Waals surface area contributed by atoms with Crippen molar-refractivity contribution < 1.29 is 9.59 Å². The van der Waals surface area contributed by atoms with E-state index in [0.717, 1.165) is 34.0 Å². The minimum Gasteiger partial charge on any atom is -0.349 e. The fourth-order valence-corrected chi connectivity index (χ4v) is 3.52. The first kappa shape index (κ1) is 18.6. The Kier molecular flexibility index (Phi) is 6.09. The molecule has 0 aromatic heterocycles. The Morgan fingerprint density at radius 3 is 2.38 bits per heavy atom. The zero-order valence-electron chi connectivity index (χ0n) is 14.9. The second-order valence-electron chi connectivity index (χ2n) is 6.75. The summed E-state index contributed by atoms with van der Waals surface area (Å²) in [6.45, 7) is 3.32. The van der Waals surface area contributed by atoms with E-state index in [1.54, 1.807) is 0 Å². The molecule has 2 aromatic rings. The molecule has 4 nitrogen and oxygen atoms in total. The molecular formula is C21H23BrN2O2. The molecule has 5 heteroatoms. The highest BCUT2D eigenvalue weighted by molar-refractivity contribution is 9.10. The first-order valence-electron chi connectivity index (χ1n) is 8.91. The zero-order valence-corrected chi connectivity index (χ0v) is 16.5. The lowest BCUT2D eigenvalue weighted by molar-refractivity contribution is -0.131. The molecule has 2 amide bonds. The van der Waals surface area contributed by atoms with E-state index in [1.165, 1.54) is 0 Å². The van der Waals surface area contributed by atoms with Crippen molar-refractivity contribution in [3.8, 4) is 0 Å². The van der Waals surface area contributed by atoms with Gasteiger partial charge in [0.2, 0.25) is 5.91 Å². The van der Waals surface area contributed by atoms with Crippen molar-refractivity contribution in [1.82, 2.24) is 10.2 Å². The SMILES string of the molecule is Cc1ccccc1C(=O)NC1CCN(C(=O)Cc2ccc(Br)cc2)CC1. The number of halogens is 1. The fourth-order valence-electron chi connectivity index (χ4n) is 3.25. The first-order valence-corrected chi connectivity index (χ1v) is 9.71. The lowest BCUT2D eigenvalue weighted by atomic mass is 10.0. The third-order valence-corrected chi connectivity index (χ3v) is 5.37. The Morgan fingerprint density at radius 1 is 1.08 bits per heavy atom. The van der Waals surface area contributed by atoms with E-state index in [-0.39, 0.29) is 17.9 Å². The molecule has 136 valence electrons.